The highest BCUT2D eigenvalue weighted by molar-refractivity contribution is 5.91. The van der Waals surface area contributed by atoms with Crippen molar-refractivity contribution in [1.29, 1.82) is 0 Å². The van der Waals surface area contributed by atoms with Crippen molar-refractivity contribution < 1.29 is 9.53 Å². The molecule has 0 saturated carbocycles. The lowest BCUT2D eigenvalue weighted by atomic mass is 10.3. The number of amides is 1. The van der Waals surface area contributed by atoms with Gasteiger partial charge in [-0.3, -0.25) is 14.6 Å². The summed E-state index contributed by atoms with van der Waals surface area (Å²) < 4.78 is 7.21. The van der Waals surface area contributed by atoms with Crippen molar-refractivity contribution in [3.8, 4) is 0 Å². The van der Waals surface area contributed by atoms with Crippen molar-refractivity contribution >= 4 is 11.7 Å². The van der Waals surface area contributed by atoms with Gasteiger partial charge in [-0.15, -0.1) is 0 Å². The number of hydrogen-bond acceptors (Lipinski definition) is 5. The van der Waals surface area contributed by atoms with Gasteiger partial charge in [0, 0.05) is 51.4 Å². The van der Waals surface area contributed by atoms with Crippen molar-refractivity contribution in [2.45, 2.75) is 26.8 Å². The lowest BCUT2D eigenvalue weighted by Gasteiger charge is -2.34. The molecular formula is C16H29N5O2. The Hall–Kier alpha value is -1.44. The maximum atomic E-state index is 12.2. The highest BCUT2D eigenvalue weighted by atomic mass is 16.5. The van der Waals surface area contributed by atoms with E-state index >= 15 is 0 Å². The van der Waals surface area contributed by atoms with Gasteiger partial charge in [-0.2, -0.15) is 5.10 Å². The highest BCUT2D eigenvalue weighted by Gasteiger charge is 2.19. The van der Waals surface area contributed by atoms with E-state index in [0.29, 0.717) is 6.54 Å². The van der Waals surface area contributed by atoms with Crippen LogP contribution in [0.3, 0.4) is 0 Å². The van der Waals surface area contributed by atoms with Crippen LogP contribution in [0.4, 0.5) is 5.82 Å². The first-order valence-electron chi connectivity index (χ1n) is 8.46. The fourth-order valence-corrected chi connectivity index (χ4v) is 2.72. The van der Waals surface area contributed by atoms with Crippen LogP contribution in [-0.2, 0) is 9.53 Å². The molecule has 1 fully saturated rings. The number of piperazine rings is 1. The fraction of sp³-hybridized carbons (Fsp3) is 0.750. The van der Waals surface area contributed by atoms with Crippen LogP contribution in [-0.4, -0.2) is 78.0 Å². The summed E-state index contributed by atoms with van der Waals surface area (Å²) >= 11 is 0. The molecule has 1 saturated heterocycles. The molecule has 1 aromatic heterocycles. The molecule has 7 heteroatoms. The first-order chi connectivity index (χ1) is 11.1. The van der Waals surface area contributed by atoms with Crippen LogP contribution in [0.15, 0.2) is 12.3 Å². The SMILES string of the molecule is CCOCCN1CCN(CC(=O)Nc2ccnn2C(C)C)CC1. The van der Waals surface area contributed by atoms with Gasteiger partial charge in [0.05, 0.1) is 19.3 Å². The Morgan fingerprint density at radius 2 is 2.00 bits per heavy atom. The predicted molar refractivity (Wildman–Crippen MR) is 90.6 cm³/mol. The number of nitrogens with zero attached hydrogens (tertiary/aromatic N) is 4. The molecule has 0 aliphatic carbocycles. The van der Waals surface area contributed by atoms with Crippen LogP contribution < -0.4 is 5.32 Å². The summed E-state index contributed by atoms with van der Waals surface area (Å²) in [5.74, 6) is 0.788. The Kier molecular flexibility index (Phi) is 7.01. The predicted octanol–water partition coefficient (Wildman–Crippen LogP) is 1.06. The Balaban J connectivity index is 1.71. The van der Waals surface area contributed by atoms with Gasteiger partial charge in [0.2, 0.25) is 5.91 Å². The van der Waals surface area contributed by atoms with Crippen molar-refractivity contribution in [1.82, 2.24) is 19.6 Å². The number of aromatic nitrogens is 2. The van der Waals surface area contributed by atoms with E-state index in [1.807, 2.05) is 31.5 Å². The van der Waals surface area contributed by atoms with Crippen LogP contribution in [0.5, 0.6) is 0 Å². The Morgan fingerprint density at radius 3 is 2.65 bits per heavy atom. The molecule has 1 aliphatic rings. The summed E-state index contributed by atoms with van der Waals surface area (Å²) in [7, 11) is 0. The van der Waals surface area contributed by atoms with Crippen molar-refractivity contribution in [2.24, 2.45) is 0 Å². The lowest BCUT2D eigenvalue weighted by molar-refractivity contribution is -0.117. The number of carbonyl (C=O) groups is 1. The monoisotopic (exact) mass is 323 g/mol. The molecule has 1 N–H and O–H groups in total. The third kappa shape index (κ3) is 5.60. The molecule has 2 heterocycles. The van der Waals surface area contributed by atoms with E-state index in [1.165, 1.54) is 0 Å². The molecule has 1 amide bonds. The Morgan fingerprint density at radius 1 is 1.30 bits per heavy atom. The van der Waals surface area contributed by atoms with Crippen LogP contribution in [0.1, 0.15) is 26.8 Å². The normalized spacial score (nSPS) is 16.9. The number of carbonyl (C=O) groups excluding carboxylic acids is 1. The van der Waals surface area contributed by atoms with Crippen LogP contribution >= 0.6 is 0 Å². The van der Waals surface area contributed by atoms with Crippen molar-refractivity contribution in [2.75, 3.05) is 57.8 Å². The molecule has 7 nitrogen and oxygen atoms in total. The van der Waals surface area contributed by atoms with Gasteiger partial charge in [-0.25, -0.2) is 4.68 Å². The molecule has 0 bridgehead atoms. The first-order valence-corrected chi connectivity index (χ1v) is 8.46. The number of nitrogens with one attached hydrogen (secondary N) is 1. The van der Waals surface area contributed by atoms with Gasteiger partial charge in [-0.1, -0.05) is 0 Å². The minimum atomic E-state index is 0.0233. The number of hydrogen-bond donors (Lipinski definition) is 1. The van der Waals surface area contributed by atoms with Crippen molar-refractivity contribution in [3.05, 3.63) is 12.3 Å². The molecule has 0 unspecified atom stereocenters. The smallest absolute Gasteiger partial charge is 0.239 e. The Labute approximate surface area is 138 Å². The average molecular weight is 323 g/mol. The van der Waals surface area contributed by atoms with Gasteiger partial charge >= 0.3 is 0 Å². The van der Waals surface area contributed by atoms with Gasteiger partial charge in [0.15, 0.2) is 0 Å². The summed E-state index contributed by atoms with van der Waals surface area (Å²) in [5, 5.41) is 7.19. The minimum Gasteiger partial charge on any atom is -0.380 e. The molecule has 130 valence electrons. The standard InChI is InChI=1S/C16H29N5O2/c1-4-23-12-11-19-7-9-20(10-8-19)13-16(22)18-15-5-6-17-21(15)14(2)3/h5-6,14H,4,7-13H2,1-3H3,(H,18,22). The summed E-state index contributed by atoms with van der Waals surface area (Å²) in [4.78, 5) is 16.8. The Bertz CT molecular complexity index is 481. The second-order valence-electron chi connectivity index (χ2n) is 6.12. The second kappa shape index (κ2) is 9.00. The molecule has 1 aliphatic heterocycles. The summed E-state index contributed by atoms with van der Waals surface area (Å²) in [6.07, 6.45) is 1.72. The molecular weight excluding hydrogens is 294 g/mol. The zero-order chi connectivity index (χ0) is 16.7. The number of ether oxygens (including phenoxy) is 1. The number of anilines is 1. The van der Waals surface area contributed by atoms with E-state index in [4.69, 9.17) is 4.74 Å². The van der Waals surface area contributed by atoms with E-state index in [9.17, 15) is 4.79 Å². The molecule has 0 radical (unpaired) electrons. The first kappa shape index (κ1) is 17.9. The zero-order valence-electron chi connectivity index (χ0n) is 14.5. The molecule has 2 rings (SSSR count). The van der Waals surface area contributed by atoms with E-state index < -0.39 is 0 Å². The third-order valence-corrected chi connectivity index (χ3v) is 4.02. The molecule has 0 aromatic carbocycles. The summed E-state index contributed by atoms with van der Waals surface area (Å²) in [5.41, 5.74) is 0. The quantitative estimate of drug-likeness (QED) is 0.725. The van der Waals surface area contributed by atoms with Crippen LogP contribution in [0, 0.1) is 0 Å². The van der Waals surface area contributed by atoms with E-state index in [1.54, 1.807) is 6.20 Å². The second-order valence-corrected chi connectivity index (χ2v) is 6.12. The van der Waals surface area contributed by atoms with Crippen molar-refractivity contribution in [3.63, 3.8) is 0 Å². The maximum Gasteiger partial charge on any atom is 0.239 e. The van der Waals surface area contributed by atoms with Gasteiger partial charge in [0.25, 0.3) is 0 Å². The highest BCUT2D eigenvalue weighted by Crippen LogP contribution is 2.13. The van der Waals surface area contributed by atoms with Gasteiger partial charge in [0.1, 0.15) is 5.82 Å². The molecule has 0 atom stereocenters. The largest absolute Gasteiger partial charge is 0.380 e. The summed E-state index contributed by atoms with van der Waals surface area (Å²) in [6, 6.07) is 2.07. The fourth-order valence-electron chi connectivity index (χ4n) is 2.72. The average Bonchev–Trinajstić information content (AvgIpc) is 2.97. The number of rotatable bonds is 8. The summed E-state index contributed by atoms with van der Waals surface area (Å²) in [6.45, 7) is 12.9. The van der Waals surface area contributed by atoms with E-state index in [2.05, 4.69) is 20.2 Å². The molecule has 0 spiro atoms. The van der Waals surface area contributed by atoms with E-state index in [0.717, 1.165) is 51.8 Å². The third-order valence-electron chi connectivity index (χ3n) is 4.02. The van der Waals surface area contributed by atoms with Gasteiger partial charge < -0.3 is 10.1 Å². The van der Waals surface area contributed by atoms with E-state index in [-0.39, 0.29) is 11.9 Å². The topological polar surface area (TPSA) is 62.6 Å². The minimum absolute atomic E-state index is 0.0233. The molecule has 1 aromatic rings. The lowest BCUT2D eigenvalue weighted by Crippen LogP contribution is -2.49. The maximum absolute atomic E-state index is 12.2. The van der Waals surface area contributed by atoms with Gasteiger partial charge in [-0.05, 0) is 20.8 Å². The van der Waals surface area contributed by atoms with Crippen LogP contribution in [0.25, 0.3) is 0 Å². The molecule has 23 heavy (non-hydrogen) atoms. The zero-order valence-corrected chi connectivity index (χ0v) is 14.5. The van der Waals surface area contributed by atoms with Crippen LogP contribution in [0.2, 0.25) is 0 Å².